The number of Topliss-reactive ketones (excluding diaryl/α,β-unsaturated/α-hetero) is 1. The van der Waals surface area contributed by atoms with Gasteiger partial charge in [-0.15, -0.1) is 0 Å². The van der Waals surface area contributed by atoms with Crippen molar-refractivity contribution in [2.24, 2.45) is 5.10 Å². The second-order valence-corrected chi connectivity index (χ2v) is 5.63. The fourth-order valence-electron chi connectivity index (χ4n) is 3.11. The summed E-state index contributed by atoms with van der Waals surface area (Å²) in [5.74, 6) is 0.756. The number of para-hydroxylation sites is 1. The predicted octanol–water partition coefficient (Wildman–Crippen LogP) is 3.15. The second-order valence-electron chi connectivity index (χ2n) is 5.63. The van der Waals surface area contributed by atoms with E-state index in [1.165, 1.54) is 0 Å². The molecule has 0 radical (unpaired) electrons. The van der Waals surface area contributed by atoms with Gasteiger partial charge in [-0.25, -0.2) is 5.01 Å². The summed E-state index contributed by atoms with van der Waals surface area (Å²) in [6.07, 6.45) is 0.148. The third kappa shape index (κ3) is 1.99. The monoisotopic (exact) mass is 292 g/mol. The van der Waals surface area contributed by atoms with Crippen molar-refractivity contribution >= 4 is 11.5 Å². The first-order chi connectivity index (χ1) is 10.7. The number of carbonyl (C=O) groups excluding carboxylic acids is 1. The van der Waals surface area contributed by atoms with Crippen molar-refractivity contribution in [1.29, 1.82) is 0 Å². The van der Waals surface area contributed by atoms with Crippen LogP contribution in [0.3, 0.4) is 0 Å². The molecule has 2 aliphatic rings. The van der Waals surface area contributed by atoms with Gasteiger partial charge in [-0.3, -0.25) is 4.79 Å². The Hall–Kier alpha value is -2.62. The standard InChI is InChI=1S/C18H16N2O2/c1-12(21)18-20-16(14-9-5-6-10-17(14)22-18)11-15(19-20)13-7-3-2-4-8-13/h2-10,16,18H,11H2,1H3. The summed E-state index contributed by atoms with van der Waals surface area (Å²) in [6, 6.07) is 18.0. The number of hydrazone groups is 1. The molecule has 0 aliphatic carbocycles. The maximum absolute atomic E-state index is 12.0. The fraction of sp³-hybridized carbons (Fsp3) is 0.222. The number of ether oxygens (including phenoxy) is 1. The smallest absolute Gasteiger partial charge is 0.246 e. The van der Waals surface area contributed by atoms with Crippen LogP contribution in [0, 0.1) is 0 Å². The van der Waals surface area contributed by atoms with E-state index in [9.17, 15) is 4.79 Å². The summed E-state index contributed by atoms with van der Waals surface area (Å²) in [5, 5.41) is 6.50. The van der Waals surface area contributed by atoms with Crippen LogP contribution in [-0.2, 0) is 4.79 Å². The van der Waals surface area contributed by atoms with Crippen molar-refractivity contribution in [3.05, 3.63) is 65.7 Å². The van der Waals surface area contributed by atoms with Crippen molar-refractivity contribution in [1.82, 2.24) is 5.01 Å². The molecule has 2 aromatic rings. The van der Waals surface area contributed by atoms with Crippen LogP contribution in [0.5, 0.6) is 5.75 Å². The van der Waals surface area contributed by atoms with Crippen molar-refractivity contribution in [3.8, 4) is 5.75 Å². The highest BCUT2D eigenvalue weighted by molar-refractivity contribution is 6.02. The lowest BCUT2D eigenvalue weighted by atomic mass is 9.96. The molecule has 0 amide bonds. The zero-order chi connectivity index (χ0) is 15.1. The Kier molecular flexibility index (Phi) is 2.96. The molecule has 0 saturated heterocycles. The highest BCUT2D eigenvalue weighted by Gasteiger charge is 2.41. The van der Waals surface area contributed by atoms with Crippen LogP contribution in [0.25, 0.3) is 0 Å². The van der Waals surface area contributed by atoms with Gasteiger partial charge in [0.05, 0.1) is 11.8 Å². The molecule has 4 rings (SSSR count). The largest absolute Gasteiger partial charge is 0.461 e. The molecule has 110 valence electrons. The number of benzene rings is 2. The molecule has 0 N–H and O–H groups in total. The molecule has 4 nitrogen and oxygen atoms in total. The molecule has 4 heteroatoms. The van der Waals surface area contributed by atoms with Gasteiger partial charge in [0, 0.05) is 18.9 Å². The van der Waals surface area contributed by atoms with Crippen LogP contribution >= 0.6 is 0 Å². The molecule has 22 heavy (non-hydrogen) atoms. The van der Waals surface area contributed by atoms with E-state index in [0.29, 0.717) is 0 Å². The molecule has 0 saturated carbocycles. The summed E-state index contributed by atoms with van der Waals surface area (Å²) >= 11 is 0. The van der Waals surface area contributed by atoms with Crippen LogP contribution in [0.4, 0.5) is 0 Å². The number of rotatable bonds is 2. The van der Waals surface area contributed by atoms with E-state index in [2.05, 4.69) is 5.10 Å². The molecular weight excluding hydrogens is 276 g/mol. The summed E-state index contributed by atoms with van der Waals surface area (Å²) < 4.78 is 5.86. The second kappa shape index (κ2) is 4.98. The lowest BCUT2D eigenvalue weighted by Gasteiger charge is -2.36. The van der Waals surface area contributed by atoms with Crippen molar-refractivity contribution in [2.45, 2.75) is 25.6 Å². The van der Waals surface area contributed by atoms with Gasteiger partial charge in [-0.05, 0) is 11.6 Å². The van der Waals surface area contributed by atoms with Crippen molar-refractivity contribution < 1.29 is 9.53 Å². The van der Waals surface area contributed by atoms with E-state index in [1.54, 1.807) is 6.92 Å². The molecule has 2 aliphatic heterocycles. The van der Waals surface area contributed by atoms with Gasteiger partial charge in [0.2, 0.25) is 6.23 Å². The first-order valence-electron chi connectivity index (χ1n) is 7.41. The van der Waals surface area contributed by atoms with E-state index < -0.39 is 6.23 Å². The maximum atomic E-state index is 12.0. The predicted molar refractivity (Wildman–Crippen MR) is 83.7 cm³/mol. The fourth-order valence-corrected chi connectivity index (χ4v) is 3.11. The van der Waals surface area contributed by atoms with E-state index >= 15 is 0 Å². The molecule has 0 spiro atoms. The van der Waals surface area contributed by atoms with Gasteiger partial charge in [-0.1, -0.05) is 48.5 Å². The minimum absolute atomic E-state index is 0.0300. The maximum Gasteiger partial charge on any atom is 0.246 e. The van der Waals surface area contributed by atoms with Gasteiger partial charge in [-0.2, -0.15) is 5.10 Å². The minimum atomic E-state index is -0.638. The molecule has 0 aromatic heterocycles. The van der Waals surface area contributed by atoms with Gasteiger partial charge >= 0.3 is 0 Å². The third-order valence-corrected chi connectivity index (χ3v) is 4.15. The molecule has 2 heterocycles. The Morgan fingerprint density at radius 3 is 2.64 bits per heavy atom. The zero-order valence-electron chi connectivity index (χ0n) is 12.3. The van der Waals surface area contributed by atoms with Crippen LogP contribution in [0.15, 0.2) is 59.7 Å². The summed E-state index contributed by atoms with van der Waals surface area (Å²) in [6.45, 7) is 1.55. The average molecular weight is 292 g/mol. The highest BCUT2D eigenvalue weighted by atomic mass is 16.5. The Labute approximate surface area is 129 Å². The van der Waals surface area contributed by atoms with E-state index in [1.807, 2.05) is 59.6 Å². The van der Waals surface area contributed by atoms with Gasteiger partial charge in [0.15, 0.2) is 5.78 Å². The minimum Gasteiger partial charge on any atom is -0.461 e. The van der Waals surface area contributed by atoms with E-state index in [-0.39, 0.29) is 11.8 Å². The molecule has 2 atom stereocenters. The lowest BCUT2D eigenvalue weighted by Crippen LogP contribution is -2.44. The Morgan fingerprint density at radius 2 is 1.86 bits per heavy atom. The van der Waals surface area contributed by atoms with Gasteiger partial charge in [0.1, 0.15) is 5.75 Å². The summed E-state index contributed by atoms with van der Waals surface area (Å²) in [4.78, 5) is 12.0. The average Bonchev–Trinajstić information content (AvgIpc) is 3.00. The molecule has 0 bridgehead atoms. The summed E-state index contributed by atoms with van der Waals surface area (Å²) in [7, 11) is 0. The summed E-state index contributed by atoms with van der Waals surface area (Å²) in [5.41, 5.74) is 3.18. The number of nitrogens with zero attached hydrogens (tertiary/aromatic N) is 2. The highest BCUT2D eigenvalue weighted by Crippen LogP contribution is 2.42. The van der Waals surface area contributed by atoms with E-state index in [4.69, 9.17) is 4.74 Å². The molecular formula is C18H16N2O2. The Balaban J connectivity index is 1.77. The SMILES string of the molecule is CC(=O)C1Oc2ccccc2C2CC(c3ccccc3)=NN12. The van der Waals surface area contributed by atoms with E-state index in [0.717, 1.165) is 29.0 Å². The topological polar surface area (TPSA) is 41.9 Å². The quantitative estimate of drug-likeness (QED) is 0.854. The van der Waals surface area contributed by atoms with Crippen LogP contribution in [-0.4, -0.2) is 22.7 Å². The molecule has 0 fully saturated rings. The molecule has 2 unspecified atom stereocenters. The number of hydrogen-bond acceptors (Lipinski definition) is 4. The van der Waals surface area contributed by atoms with Crippen molar-refractivity contribution in [3.63, 3.8) is 0 Å². The zero-order valence-corrected chi connectivity index (χ0v) is 12.3. The number of hydrogen-bond donors (Lipinski definition) is 0. The van der Waals surface area contributed by atoms with Crippen molar-refractivity contribution in [2.75, 3.05) is 0 Å². The Bertz CT molecular complexity index is 755. The van der Waals surface area contributed by atoms with Crippen LogP contribution < -0.4 is 4.74 Å². The first kappa shape index (κ1) is 13.1. The normalized spacial score (nSPS) is 22.4. The molecule has 2 aromatic carbocycles. The van der Waals surface area contributed by atoms with Gasteiger partial charge in [0.25, 0.3) is 0 Å². The lowest BCUT2D eigenvalue weighted by molar-refractivity contribution is -0.135. The van der Waals surface area contributed by atoms with Gasteiger partial charge < -0.3 is 4.74 Å². The first-order valence-corrected chi connectivity index (χ1v) is 7.41. The third-order valence-electron chi connectivity index (χ3n) is 4.15. The van der Waals surface area contributed by atoms with Crippen LogP contribution in [0.1, 0.15) is 30.5 Å². The number of fused-ring (bicyclic) bond motifs is 3. The Morgan fingerprint density at radius 1 is 1.14 bits per heavy atom. The number of ketones is 1. The van der Waals surface area contributed by atoms with Crippen LogP contribution in [0.2, 0.25) is 0 Å². The number of carbonyl (C=O) groups is 1.